The number of anilines is 1. The highest BCUT2D eigenvalue weighted by atomic mass is 32.1. The molecule has 2 heterocycles. The summed E-state index contributed by atoms with van der Waals surface area (Å²) in [5.41, 5.74) is 2.34. The van der Waals surface area contributed by atoms with Gasteiger partial charge in [-0.2, -0.15) is 0 Å². The average molecular weight is 430 g/mol. The largest absolute Gasteiger partial charge is 0.383 e. The lowest BCUT2D eigenvalue weighted by Crippen LogP contribution is -2.44. The van der Waals surface area contributed by atoms with E-state index in [1.165, 1.54) is 29.8 Å². The number of nitrogens with one attached hydrogen (secondary N) is 3. The molecule has 0 saturated carbocycles. The third-order valence-electron chi connectivity index (χ3n) is 5.65. The van der Waals surface area contributed by atoms with E-state index in [1.807, 2.05) is 18.4 Å². The van der Waals surface area contributed by atoms with Gasteiger partial charge in [-0.25, -0.2) is 0 Å². The second kappa shape index (κ2) is 11.9. The highest BCUT2D eigenvalue weighted by Gasteiger charge is 2.31. The van der Waals surface area contributed by atoms with Crippen molar-refractivity contribution in [3.05, 3.63) is 52.2 Å². The maximum Gasteiger partial charge on any atom is 0.191 e. The summed E-state index contributed by atoms with van der Waals surface area (Å²) in [6.45, 7) is 4.36. The molecule has 1 aliphatic heterocycles. The van der Waals surface area contributed by atoms with Gasteiger partial charge in [0.15, 0.2) is 5.96 Å². The first-order valence-electron chi connectivity index (χ1n) is 10.7. The Bertz CT molecular complexity index is 762. The van der Waals surface area contributed by atoms with Crippen molar-refractivity contribution in [2.45, 2.75) is 25.4 Å². The van der Waals surface area contributed by atoms with E-state index in [-0.39, 0.29) is 0 Å². The van der Waals surface area contributed by atoms with E-state index in [9.17, 15) is 0 Å². The number of hydrogen-bond donors (Lipinski definition) is 3. The fourth-order valence-corrected chi connectivity index (χ4v) is 5.04. The lowest BCUT2D eigenvalue weighted by molar-refractivity contribution is 0.125. The van der Waals surface area contributed by atoms with E-state index in [1.54, 1.807) is 7.11 Å². The number of likely N-dealkylation sites (tertiary alicyclic amines) is 1. The summed E-state index contributed by atoms with van der Waals surface area (Å²) in [5, 5.41) is 12.5. The number of aliphatic imine (C=N–C) groups is 1. The molecule has 6 nitrogen and oxygen atoms in total. The molecule has 0 spiro atoms. The van der Waals surface area contributed by atoms with Gasteiger partial charge in [0.1, 0.15) is 0 Å². The molecular formula is C23H35N5OS. The maximum absolute atomic E-state index is 5.07. The van der Waals surface area contributed by atoms with Crippen LogP contribution in [0, 0.1) is 5.92 Å². The van der Waals surface area contributed by atoms with Gasteiger partial charge in [0, 0.05) is 50.4 Å². The van der Waals surface area contributed by atoms with Crippen LogP contribution in [0.15, 0.2) is 46.8 Å². The lowest BCUT2D eigenvalue weighted by atomic mass is 9.88. The van der Waals surface area contributed by atoms with Gasteiger partial charge in [-0.15, -0.1) is 11.3 Å². The van der Waals surface area contributed by atoms with Crippen molar-refractivity contribution < 1.29 is 4.74 Å². The van der Waals surface area contributed by atoms with Gasteiger partial charge < -0.3 is 20.7 Å². The molecule has 2 atom stereocenters. The van der Waals surface area contributed by atoms with Gasteiger partial charge in [0.05, 0.1) is 6.61 Å². The summed E-state index contributed by atoms with van der Waals surface area (Å²) < 4.78 is 5.07. The van der Waals surface area contributed by atoms with Crippen molar-refractivity contribution in [3.63, 3.8) is 0 Å². The Morgan fingerprint density at radius 1 is 1.23 bits per heavy atom. The Balaban J connectivity index is 1.48. The number of rotatable bonds is 9. The van der Waals surface area contributed by atoms with E-state index in [0.717, 1.165) is 31.3 Å². The monoisotopic (exact) mass is 429 g/mol. The zero-order valence-electron chi connectivity index (χ0n) is 18.4. The van der Waals surface area contributed by atoms with E-state index in [4.69, 9.17) is 4.74 Å². The van der Waals surface area contributed by atoms with Crippen molar-refractivity contribution in [2.24, 2.45) is 10.9 Å². The summed E-state index contributed by atoms with van der Waals surface area (Å²) in [4.78, 5) is 8.38. The Morgan fingerprint density at radius 3 is 2.77 bits per heavy atom. The van der Waals surface area contributed by atoms with Crippen LogP contribution in [0.5, 0.6) is 0 Å². The molecule has 2 aromatic rings. The van der Waals surface area contributed by atoms with Gasteiger partial charge in [-0.05, 0) is 61.5 Å². The number of thiophene rings is 1. The SMILES string of the molecule is CN=C(NCc1ccc(NCCOC)cc1)NCC1CCCN(C)C1c1cccs1. The summed E-state index contributed by atoms with van der Waals surface area (Å²) in [5.74, 6) is 1.44. The van der Waals surface area contributed by atoms with Gasteiger partial charge in [0.2, 0.25) is 0 Å². The van der Waals surface area contributed by atoms with E-state index < -0.39 is 0 Å². The van der Waals surface area contributed by atoms with Crippen LogP contribution in [0.25, 0.3) is 0 Å². The zero-order valence-corrected chi connectivity index (χ0v) is 19.2. The molecule has 3 N–H and O–H groups in total. The van der Waals surface area contributed by atoms with Crippen LogP contribution < -0.4 is 16.0 Å². The zero-order chi connectivity index (χ0) is 21.2. The molecule has 1 aromatic carbocycles. The first kappa shape index (κ1) is 22.6. The number of hydrogen-bond acceptors (Lipinski definition) is 5. The van der Waals surface area contributed by atoms with E-state index in [2.05, 4.69) is 74.7 Å². The van der Waals surface area contributed by atoms with Crippen molar-refractivity contribution >= 4 is 23.0 Å². The topological polar surface area (TPSA) is 60.9 Å². The van der Waals surface area contributed by atoms with E-state index in [0.29, 0.717) is 18.6 Å². The fourth-order valence-electron chi connectivity index (χ4n) is 4.05. The molecule has 3 rings (SSSR count). The van der Waals surface area contributed by atoms with Crippen LogP contribution in [0.4, 0.5) is 5.69 Å². The van der Waals surface area contributed by atoms with Gasteiger partial charge in [0.25, 0.3) is 0 Å². The van der Waals surface area contributed by atoms with Gasteiger partial charge >= 0.3 is 0 Å². The van der Waals surface area contributed by atoms with Crippen molar-refractivity contribution in [2.75, 3.05) is 52.8 Å². The highest BCUT2D eigenvalue weighted by molar-refractivity contribution is 7.10. The van der Waals surface area contributed by atoms with Crippen LogP contribution >= 0.6 is 11.3 Å². The second-order valence-corrected chi connectivity index (χ2v) is 8.75. The molecule has 1 aromatic heterocycles. The third-order valence-corrected chi connectivity index (χ3v) is 6.59. The lowest BCUT2D eigenvalue weighted by Gasteiger charge is -2.39. The van der Waals surface area contributed by atoms with Gasteiger partial charge in [-0.1, -0.05) is 18.2 Å². The van der Waals surface area contributed by atoms with Crippen LogP contribution in [-0.4, -0.2) is 58.3 Å². The molecule has 0 amide bonds. The molecule has 164 valence electrons. The second-order valence-electron chi connectivity index (χ2n) is 7.77. The number of nitrogens with zero attached hydrogens (tertiary/aromatic N) is 2. The van der Waals surface area contributed by atoms with Crippen LogP contribution in [-0.2, 0) is 11.3 Å². The van der Waals surface area contributed by atoms with Gasteiger partial charge in [-0.3, -0.25) is 9.89 Å². The number of methoxy groups -OCH3 is 1. The molecule has 0 radical (unpaired) electrons. The number of piperidine rings is 1. The maximum atomic E-state index is 5.07. The van der Waals surface area contributed by atoms with Crippen molar-refractivity contribution in [1.82, 2.24) is 15.5 Å². The highest BCUT2D eigenvalue weighted by Crippen LogP contribution is 2.36. The van der Waals surface area contributed by atoms with E-state index >= 15 is 0 Å². The Kier molecular flexibility index (Phi) is 8.99. The molecule has 0 bridgehead atoms. The molecule has 2 unspecified atom stereocenters. The third kappa shape index (κ3) is 6.45. The summed E-state index contributed by atoms with van der Waals surface area (Å²) in [7, 11) is 5.80. The van der Waals surface area contributed by atoms with Crippen LogP contribution in [0.1, 0.15) is 29.3 Å². The smallest absolute Gasteiger partial charge is 0.191 e. The fraction of sp³-hybridized carbons (Fsp3) is 0.522. The van der Waals surface area contributed by atoms with Crippen molar-refractivity contribution in [3.8, 4) is 0 Å². The molecule has 30 heavy (non-hydrogen) atoms. The first-order valence-corrected chi connectivity index (χ1v) is 11.6. The summed E-state index contributed by atoms with van der Waals surface area (Å²) in [6.07, 6.45) is 2.50. The molecule has 7 heteroatoms. The molecule has 0 aliphatic carbocycles. The van der Waals surface area contributed by atoms with Crippen LogP contribution in [0.2, 0.25) is 0 Å². The molecule has 1 fully saturated rings. The predicted octanol–water partition coefficient (Wildman–Crippen LogP) is 3.55. The normalized spacial score (nSPS) is 20.2. The minimum atomic E-state index is 0.488. The number of benzene rings is 1. The predicted molar refractivity (Wildman–Crippen MR) is 127 cm³/mol. The minimum absolute atomic E-state index is 0.488. The standard InChI is InChI=1S/C23H35N5OS/c1-24-23(26-16-18-8-10-20(11-9-18)25-12-14-29-3)27-17-19-6-4-13-28(2)22(19)21-7-5-15-30-21/h5,7-11,15,19,22,25H,4,6,12-14,16-17H2,1-3H3,(H2,24,26,27). The Morgan fingerprint density at radius 2 is 2.07 bits per heavy atom. The number of guanidine groups is 1. The average Bonchev–Trinajstić information content (AvgIpc) is 3.29. The molecule has 1 saturated heterocycles. The quantitative estimate of drug-likeness (QED) is 0.323. The summed E-state index contributed by atoms with van der Waals surface area (Å²) in [6, 6.07) is 13.4. The Hall–Kier alpha value is -2.09. The van der Waals surface area contributed by atoms with Crippen molar-refractivity contribution in [1.29, 1.82) is 0 Å². The van der Waals surface area contributed by atoms with Crippen LogP contribution in [0.3, 0.4) is 0 Å². The summed E-state index contributed by atoms with van der Waals surface area (Å²) >= 11 is 1.86. The Labute approximate surface area is 184 Å². The molecule has 1 aliphatic rings. The first-order chi connectivity index (χ1) is 14.7. The minimum Gasteiger partial charge on any atom is -0.383 e. The molecular weight excluding hydrogens is 394 g/mol. The number of ether oxygens (including phenoxy) is 1.